The van der Waals surface area contributed by atoms with Crippen molar-refractivity contribution in [2.24, 2.45) is 5.10 Å². The van der Waals surface area contributed by atoms with E-state index in [9.17, 15) is 0 Å². The van der Waals surface area contributed by atoms with Crippen LogP contribution in [0.4, 0.5) is 0 Å². The lowest BCUT2D eigenvalue weighted by molar-refractivity contribution is -0.112. The maximum absolute atomic E-state index is 6.54. The van der Waals surface area contributed by atoms with Gasteiger partial charge >= 0.3 is 0 Å². The number of ether oxygens (including phenoxy) is 2. The van der Waals surface area contributed by atoms with Crippen molar-refractivity contribution < 1.29 is 9.47 Å². The molecular weight excluding hydrogens is 348 g/mol. The van der Waals surface area contributed by atoms with Gasteiger partial charge in [0, 0.05) is 24.5 Å². The van der Waals surface area contributed by atoms with Crippen LogP contribution in [-0.4, -0.2) is 17.8 Å². The van der Waals surface area contributed by atoms with E-state index in [1.54, 1.807) is 7.11 Å². The average molecular weight is 370 g/mol. The monoisotopic (exact) mass is 370 g/mol. The molecule has 0 radical (unpaired) electrons. The third-order valence-electron chi connectivity index (χ3n) is 5.67. The molecule has 3 aromatic rings. The van der Waals surface area contributed by atoms with Gasteiger partial charge in [0.2, 0.25) is 5.72 Å². The summed E-state index contributed by atoms with van der Waals surface area (Å²) < 4.78 is 11.8. The highest BCUT2D eigenvalue weighted by atomic mass is 16.5. The van der Waals surface area contributed by atoms with Crippen molar-refractivity contribution in [3.63, 3.8) is 0 Å². The molecule has 3 aromatic carbocycles. The minimum atomic E-state index is -0.658. The Kier molecular flexibility index (Phi) is 3.86. The molecule has 4 heteroatoms. The van der Waals surface area contributed by atoms with Crippen molar-refractivity contribution >= 4 is 5.71 Å². The average Bonchev–Trinajstić information content (AvgIpc) is 3.21. The molecule has 0 N–H and O–H groups in total. The molecule has 0 saturated heterocycles. The number of para-hydroxylation sites is 1. The Balaban J connectivity index is 1.61. The fourth-order valence-electron chi connectivity index (χ4n) is 4.15. The number of methoxy groups -OCH3 is 1. The van der Waals surface area contributed by atoms with Gasteiger partial charge in [0.05, 0.1) is 18.9 Å². The third kappa shape index (κ3) is 2.56. The summed E-state index contributed by atoms with van der Waals surface area (Å²) >= 11 is 0. The Morgan fingerprint density at radius 3 is 2.43 bits per heavy atom. The van der Waals surface area contributed by atoms with Gasteiger partial charge in [-0.1, -0.05) is 48.5 Å². The third-order valence-corrected chi connectivity index (χ3v) is 5.67. The molecule has 0 aliphatic carbocycles. The Morgan fingerprint density at radius 1 is 0.964 bits per heavy atom. The number of rotatable bonds is 3. The number of benzene rings is 3. The first-order chi connectivity index (χ1) is 13.7. The van der Waals surface area contributed by atoms with Gasteiger partial charge in [0.15, 0.2) is 0 Å². The molecule has 0 fully saturated rings. The highest BCUT2D eigenvalue weighted by Crippen LogP contribution is 2.50. The van der Waals surface area contributed by atoms with Gasteiger partial charge in [-0.25, -0.2) is 5.01 Å². The van der Waals surface area contributed by atoms with E-state index < -0.39 is 5.72 Å². The molecule has 0 aromatic heterocycles. The minimum absolute atomic E-state index is 0.146. The number of hydrogen-bond acceptors (Lipinski definition) is 4. The summed E-state index contributed by atoms with van der Waals surface area (Å²) in [6.07, 6.45) is 0.842. The maximum Gasteiger partial charge on any atom is 0.221 e. The van der Waals surface area contributed by atoms with Crippen molar-refractivity contribution in [3.05, 3.63) is 95.6 Å². The zero-order valence-electron chi connectivity index (χ0n) is 16.0. The fraction of sp³-hybridized carbons (Fsp3) is 0.208. The van der Waals surface area contributed by atoms with Crippen LogP contribution in [0.2, 0.25) is 0 Å². The second kappa shape index (κ2) is 6.41. The van der Waals surface area contributed by atoms with Crippen molar-refractivity contribution in [1.82, 2.24) is 5.01 Å². The van der Waals surface area contributed by atoms with Crippen LogP contribution in [0, 0.1) is 0 Å². The zero-order valence-corrected chi connectivity index (χ0v) is 16.0. The standard InChI is InChI=1S/C24H22N2O2/c1-24(18-8-4-3-5-9-18)26-22(20-10-6-7-11-23(20)28-24)16-21(25-26)17-12-14-19(27-2)15-13-17/h3-15,22H,16H2,1-2H3/t22-,24-/m0/s1. The Hall–Kier alpha value is -3.27. The van der Waals surface area contributed by atoms with E-state index in [-0.39, 0.29) is 6.04 Å². The molecule has 0 amide bonds. The predicted molar refractivity (Wildman–Crippen MR) is 110 cm³/mol. The van der Waals surface area contributed by atoms with E-state index in [4.69, 9.17) is 14.6 Å². The quantitative estimate of drug-likeness (QED) is 0.642. The van der Waals surface area contributed by atoms with E-state index in [1.807, 2.05) is 36.4 Å². The van der Waals surface area contributed by atoms with E-state index in [0.29, 0.717) is 0 Å². The van der Waals surface area contributed by atoms with E-state index in [0.717, 1.165) is 34.8 Å². The van der Waals surface area contributed by atoms with Gasteiger partial charge in [0.1, 0.15) is 11.5 Å². The van der Waals surface area contributed by atoms with E-state index in [2.05, 4.69) is 54.4 Å². The number of hydrogen-bond donors (Lipinski definition) is 0. The first-order valence-electron chi connectivity index (χ1n) is 9.54. The van der Waals surface area contributed by atoms with Crippen LogP contribution in [0.25, 0.3) is 0 Å². The van der Waals surface area contributed by atoms with E-state index in [1.165, 1.54) is 5.56 Å². The number of hydrazone groups is 1. The molecule has 0 spiro atoms. The number of fused-ring (bicyclic) bond motifs is 3. The molecule has 2 aliphatic rings. The van der Waals surface area contributed by atoms with E-state index >= 15 is 0 Å². The van der Waals surface area contributed by atoms with Gasteiger partial charge in [0.25, 0.3) is 0 Å². The second-order valence-electron chi connectivity index (χ2n) is 7.33. The predicted octanol–water partition coefficient (Wildman–Crippen LogP) is 5.11. The van der Waals surface area contributed by atoms with Gasteiger partial charge < -0.3 is 9.47 Å². The summed E-state index contributed by atoms with van der Waals surface area (Å²) in [6, 6.07) is 26.9. The smallest absolute Gasteiger partial charge is 0.221 e. The van der Waals surface area contributed by atoms with Crippen LogP contribution >= 0.6 is 0 Å². The van der Waals surface area contributed by atoms with Crippen LogP contribution in [0.3, 0.4) is 0 Å². The molecule has 28 heavy (non-hydrogen) atoms. The topological polar surface area (TPSA) is 34.1 Å². The largest absolute Gasteiger partial charge is 0.497 e. The Bertz CT molecular complexity index is 1030. The Labute approximate surface area is 165 Å². The highest BCUT2D eigenvalue weighted by Gasteiger charge is 2.48. The van der Waals surface area contributed by atoms with Gasteiger partial charge in [-0.15, -0.1) is 0 Å². The molecule has 0 bridgehead atoms. The van der Waals surface area contributed by atoms with Crippen molar-refractivity contribution in [1.29, 1.82) is 0 Å². The number of nitrogens with zero attached hydrogens (tertiary/aromatic N) is 2. The van der Waals surface area contributed by atoms with Crippen molar-refractivity contribution in [3.8, 4) is 11.5 Å². The van der Waals surface area contributed by atoms with Crippen LogP contribution < -0.4 is 9.47 Å². The molecule has 0 unspecified atom stereocenters. The minimum Gasteiger partial charge on any atom is -0.497 e. The molecule has 5 rings (SSSR count). The van der Waals surface area contributed by atoms with Gasteiger partial charge in [-0.2, -0.15) is 5.10 Å². The van der Waals surface area contributed by atoms with Crippen molar-refractivity contribution in [2.75, 3.05) is 7.11 Å². The molecule has 2 atom stereocenters. The lowest BCUT2D eigenvalue weighted by Gasteiger charge is -2.46. The second-order valence-corrected chi connectivity index (χ2v) is 7.33. The molecule has 2 aliphatic heterocycles. The van der Waals surface area contributed by atoms with Crippen LogP contribution in [0.15, 0.2) is 84.0 Å². The summed E-state index contributed by atoms with van der Waals surface area (Å²) in [5.74, 6) is 1.78. The summed E-state index contributed by atoms with van der Waals surface area (Å²) in [7, 11) is 1.68. The lowest BCUT2D eigenvalue weighted by Crippen LogP contribution is -2.48. The molecular formula is C24H22N2O2. The SMILES string of the molecule is COc1ccc(C2=NN3[C@@H](C2)c2ccccc2O[C@@]3(C)c2ccccc2)cc1. The molecule has 4 nitrogen and oxygen atoms in total. The maximum atomic E-state index is 6.54. The van der Waals surface area contributed by atoms with Gasteiger partial charge in [-0.05, 0) is 35.9 Å². The lowest BCUT2D eigenvalue weighted by atomic mass is 9.92. The summed E-state index contributed by atoms with van der Waals surface area (Å²) in [5.41, 5.74) is 3.80. The fourth-order valence-corrected chi connectivity index (χ4v) is 4.15. The normalized spacial score (nSPS) is 22.7. The molecule has 0 saturated carbocycles. The zero-order chi connectivity index (χ0) is 19.1. The summed E-state index contributed by atoms with van der Waals surface area (Å²) in [4.78, 5) is 0. The van der Waals surface area contributed by atoms with Crippen molar-refractivity contribution in [2.45, 2.75) is 25.1 Å². The Morgan fingerprint density at radius 2 is 1.68 bits per heavy atom. The van der Waals surface area contributed by atoms with Crippen LogP contribution in [0.1, 0.15) is 36.1 Å². The van der Waals surface area contributed by atoms with Crippen LogP contribution in [-0.2, 0) is 5.72 Å². The van der Waals surface area contributed by atoms with Gasteiger partial charge in [-0.3, -0.25) is 0 Å². The summed E-state index contributed by atoms with van der Waals surface area (Å²) in [5, 5.41) is 7.18. The first-order valence-corrected chi connectivity index (χ1v) is 9.54. The summed E-state index contributed by atoms with van der Waals surface area (Å²) in [6.45, 7) is 2.10. The molecule has 140 valence electrons. The molecule has 2 heterocycles. The van der Waals surface area contributed by atoms with Crippen LogP contribution in [0.5, 0.6) is 11.5 Å². The first kappa shape index (κ1) is 16.9. The highest BCUT2D eigenvalue weighted by molar-refractivity contribution is 6.02.